The van der Waals surface area contributed by atoms with E-state index >= 15 is 0 Å². The third-order valence-electron chi connectivity index (χ3n) is 2.86. The van der Waals surface area contributed by atoms with Gasteiger partial charge in [0.15, 0.2) is 23.3 Å². The van der Waals surface area contributed by atoms with Crippen molar-refractivity contribution in [3.05, 3.63) is 63.7 Å². The summed E-state index contributed by atoms with van der Waals surface area (Å²) in [6.45, 7) is 0. The van der Waals surface area contributed by atoms with Crippen LogP contribution in [0.1, 0.15) is 0 Å². The number of hydrogen-bond donors (Lipinski definition) is 2. The van der Waals surface area contributed by atoms with Crippen molar-refractivity contribution in [3.63, 3.8) is 0 Å². The summed E-state index contributed by atoms with van der Waals surface area (Å²) < 4.78 is 52.8. The first kappa shape index (κ1) is 18.5. The molecule has 0 saturated carbocycles. The highest BCUT2D eigenvalue weighted by atomic mass is 32.2. The lowest BCUT2D eigenvalue weighted by Gasteiger charge is -2.11. The monoisotopic (exact) mass is 375 g/mol. The second-order valence-corrected chi connectivity index (χ2v) is 5.60. The predicted molar refractivity (Wildman–Crippen MR) is 81.9 cm³/mol. The second-order valence-electron chi connectivity index (χ2n) is 4.56. The fraction of sp³-hybridized carbons (Fsp3) is 0.0714. The number of rotatable bonds is 6. The van der Waals surface area contributed by atoms with Gasteiger partial charge >= 0.3 is 0 Å². The second kappa shape index (κ2) is 7.83. The summed E-state index contributed by atoms with van der Waals surface area (Å²) >= 11 is 0.988. The molecule has 132 valence electrons. The molecule has 0 aliphatic carbocycles. The lowest BCUT2D eigenvalue weighted by Crippen LogP contribution is -2.32. The molecular weight excluding hydrogens is 366 g/mol. The highest BCUT2D eigenvalue weighted by Crippen LogP contribution is 2.24. The lowest BCUT2D eigenvalue weighted by molar-refractivity contribution is -0.384. The molecule has 0 aliphatic rings. The molecule has 0 aliphatic heterocycles. The van der Waals surface area contributed by atoms with Gasteiger partial charge in [-0.2, -0.15) is 0 Å². The number of carbonyl (C=O) groups excluding carboxylic acids is 1. The van der Waals surface area contributed by atoms with Gasteiger partial charge in [0.05, 0.1) is 10.7 Å². The summed E-state index contributed by atoms with van der Waals surface area (Å²) in [5.74, 6) is -7.55. The lowest BCUT2D eigenvalue weighted by atomic mass is 10.2. The van der Waals surface area contributed by atoms with Crippen LogP contribution in [0.2, 0.25) is 0 Å². The Hall–Kier alpha value is -2.82. The maximum atomic E-state index is 13.4. The summed E-state index contributed by atoms with van der Waals surface area (Å²) in [4.78, 5) is 22.1. The maximum Gasteiger partial charge on any atom is 0.269 e. The van der Waals surface area contributed by atoms with Gasteiger partial charge in [0.25, 0.3) is 5.69 Å². The summed E-state index contributed by atoms with van der Waals surface area (Å²) in [7, 11) is 0. The van der Waals surface area contributed by atoms with E-state index in [4.69, 9.17) is 0 Å². The average Bonchev–Trinajstić information content (AvgIpc) is 2.58. The van der Waals surface area contributed by atoms with E-state index in [1.165, 1.54) is 24.3 Å². The molecule has 0 bridgehead atoms. The van der Waals surface area contributed by atoms with Gasteiger partial charge in [-0.05, 0) is 12.1 Å². The van der Waals surface area contributed by atoms with Crippen LogP contribution in [0, 0.1) is 33.4 Å². The number of thioether (sulfide) groups is 1. The van der Waals surface area contributed by atoms with Gasteiger partial charge in [0.2, 0.25) is 5.91 Å². The molecule has 1 amide bonds. The van der Waals surface area contributed by atoms with Crippen LogP contribution in [0.5, 0.6) is 0 Å². The fourth-order valence-electron chi connectivity index (χ4n) is 1.66. The molecule has 6 nitrogen and oxygen atoms in total. The summed E-state index contributed by atoms with van der Waals surface area (Å²) in [5, 5.41) is 10.5. The Bertz CT molecular complexity index is 792. The summed E-state index contributed by atoms with van der Waals surface area (Å²) in [6.07, 6.45) is 0. The number of nitro benzene ring substituents is 1. The van der Waals surface area contributed by atoms with Gasteiger partial charge in [-0.15, -0.1) is 11.8 Å². The summed E-state index contributed by atoms with van der Waals surface area (Å²) in [5.41, 5.74) is 2.42. The van der Waals surface area contributed by atoms with Crippen LogP contribution in [0.25, 0.3) is 0 Å². The molecule has 2 aromatic carbocycles. The molecule has 0 radical (unpaired) electrons. The molecule has 0 heterocycles. The largest absolute Gasteiger partial charge is 0.293 e. The number of halogens is 4. The minimum atomic E-state index is -1.68. The van der Waals surface area contributed by atoms with E-state index in [1.54, 1.807) is 5.43 Å². The van der Waals surface area contributed by atoms with Crippen LogP contribution in [-0.2, 0) is 4.79 Å². The van der Waals surface area contributed by atoms with Crippen molar-refractivity contribution >= 4 is 29.0 Å². The van der Waals surface area contributed by atoms with Gasteiger partial charge in [-0.1, -0.05) is 0 Å². The maximum absolute atomic E-state index is 13.4. The first-order valence-corrected chi connectivity index (χ1v) is 7.53. The van der Waals surface area contributed by atoms with Crippen molar-refractivity contribution in [2.24, 2.45) is 0 Å². The Morgan fingerprint density at radius 3 is 2.16 bits per heavy atom. The molecule has 0 unspecified atom stereocenters. The molecule has 0 saturated heterocycles. The van der Waals surface area contributed by atoms with Gasteiger partial charge in [-0.3, -0.25) is 25.8 Å². The van der Waals surface area contributed by atoms with Crippen molar-refractivity contribution in [1.29, 1.82) is 0 Å². The van der Waals surface area contributed by atoms with E-state index in [1.807, 2.05) is 5.43 Å². The van der Waals surface area contributed by atoms with Crippen molar-refractivity contribution in [1.82, 2.24) is 5.43 Å². The topological polar surface area (TPSA) is 84.3 Å². The zero-order valence-electron chi connectivity index (χ0n) is 12.2. The summed E-state index contributed by atoms with van der Waals surface area (Å²) in [6, 6.07) is 5.38. The molecule has 0 fully saturated rings. The van der Waals surface area contributed by atoms with Crippen molar-refractivity contribution in [2.45, 2.75) is 4.90 Å². The smallest absolute Gasteiger partial charge is 0.269 e. The number of nitro groups is 1. The molecule has 25 heavy (non-hydrogen) atoms. The van der Waals surface area contributed by atoms with Crippen LogP contribution in [-0.4, -0.2) is 16.6 Å². The van der Waals surface area contributed by atoms with E-state index in [-0.39, 0.29) is 17.5 Å². The molecular formula is C14H9F4N3O3S. The standard InChI is InChI=1S/C14H9F4N3O3S/c15-9-5-10(16)13(18)14(12(9)17)20-19-11(22)6-25-8-3-1-7(2-4-8)21(23)24/h1-5,20H,6H2,(H,19,22). The Morgan fingerprint density at radius 1 is 1.08 bits per heavy atom. The molecule has 2 rings (SSSR count). The quantitative estimate of drug-likeness (QED) is 0.266. The number of nitrogens with zero attached hydrogens (tertiary/aromatic N) is 1. The predicted octanol–water partition coefficient (Wildman–Crippen LogP) is 3.39. The van der Waals surface area contributed by atoms with Crippen molar-refractivity contribution in [3.8, 4) is 0 Å². The van der Waals surface area contributed by atoms with Crippen LogP contribution < -0.4 is 10.9 Å². The third-order valence-corrected chi connectivity index (χ3v) is 3.87. The number of amides is 1. The molecule has 11 heteroatoms. The molecule has 2 aromatic rings. The highest BCUT2D eigenvalue weighted by Gasteiger charge is 2.19. The van der Waals surface area contributed by atoms with Crippen molar-refractivity contribution in [2.75, 3.05) is 11.2 Å². The third kappa shape index (κ3) is 4.59. The minimum Gasteiger partial charge on any atom is -0.293 e. The van der Waals surface area contributed by atoms with Crippen LogP contribution in [0.3, 0.4) is 0 Å². The Kier molecular flexibility index (Phi) is 5.80. The number of anilines is 1. The van der Waals surface area contributed by atoms with Gasteiger partial charge in [0, 0.05) is 23.1 Å². The van der Waals surface area contributed by atoms with Crippen LogP contribution in [0.4, 0.5) is 28.9 Å². The number of hydrazine groups is 1. The number of benzene rings is 2. The Morgan fingerprint density at radius 2 is 1.64 bits per heavy atom. The van der Waals surface area contributed by atoms with E-state index < -0.39 is 39.8 Å². The van der Waals surface area contributed by atoms with Gasteiger partial charge in [0.1, 0.15) is 5.69 Å². The molecule has 0 atom stereocenters. The fourth-order valence-corrected chi connectivity index (χ4v) is 2.36. The van der Waals surface area contributed by atoms with E-state index in [2.05, 4.69) is 0 Å². The molecule has 2 N–H and O–H groups in total. The Balaban J connectivity index is 1.92. The molecule has 0 spiro atoms. The normalized spacial score (nSPS) is 10.4. The van der Waals surface area contributed by atoms with E-state index in [9.17, 15) is 32.5 Å². The zero-order chi connectivity index (χ0) is 18.6. The number of nitrogens with one attached hydrogen (secondary N) is 2. The zero-order valence-corrected chi connectivity index (χ0v) is 13.0. The first-order chi connectivity index (χ1) is 11.8. The average molecular weight is 375 g/mol. The van der Waals surface area contributed by atoms with Crippen LogP contribution in [0.15, 0.2) is 35.2 Å². The SMILES string of the molecule is O=C(CSc1ccc([N+](=O)[O-])cc1)NNc1c(F)c(F)cc(F)c1F. The first-order valence-electron chi connectivity index (χ1n) is 6.54. The van der Waals surface area contributed by atoms with Crippen LogP contribution >= 0.6 is 11.8 Å². The van der Waals surface area contributed by atoms with Gasteiger partial charge < -0.3 is 0 Å². The van der Waals surface area contributed by atoms with Gasteiger partial charge in [-0.25, -0.2) is 17.6 Å². The number of carbonyl (C=O) groups is 1. The van der Waals surface area contributed by atoms with Crippen molar-refractivity contribution < 1.29 is 27.3 Å². The minimum absolute atomic E-state index is 0.0438. The number of non-ortho nitro benzene ring substituents is 1. The van der Waals surface area contributed by atoms with E-state index in [0.29, 0.717) is 4.90 Å². The number of hydrogen-bond acceptors (Lipinski definition) is 5. The molecule has 0 aromatic heterocycles. The Labute approximate surface area is 142 Å². The van der Waals surface area contributed by atoms with E-state index in [0.717, 1.165) is 11.8 Å². The highest BCUT2D eigenvalue weighted by molar-refractivity contribution is 8.00.